The van der Waals surface area contributed by atoms with E-state index in [0.29, 0.717) is 5.02 Å². The summed E-state index contributed by atoms with van der Waals surface area (Å²) in [6, 6.07) is 8.72. The Morgan fingerprint density at radius 1 is 1.29 bits per heavy atom. The number of nitrogens with one attached hydrogen (secondary N) is 1. The molecule has 1 amide bonds. The van der Waals surface area contributed by atoms with Crippen molar-refractivity contribution in [2.45, 2.75) is 13.0 Å². The molecule has 1 N–H and O–H groups in total. The van der Waals surface area contributed by atoms with Crippen LogP contribution in [0, 0.1) is 5.82 Å². The summed E-state index contributed by atoms with van der Waals surface area (Å²) in [5.41, 5.74) is 0. The van der Waals surface area contributed by atoms with E-state index in [9.17, 15) is 14.0 Å². The van der Waals surface area contributed by atoms with Gasteiger partial charge in [0.15, 0.2) is 24.3 Å². The zero-order valence-corrected chi connectivity index (χ0v) is 13.4. The molecule has 0 saturated carbocycles. The van der Waals surface area contributed by atoms with Gasteiger partial charge in [0.25, 0.3) is 5.91 Å². The fraction of sp³-hybridized carbons (Fsp3) is 0.188. The number of amides is 1. The van der Waals surface area contributed by atoms with Gasteiger partial charge in [0.1, 0.15) is 5.82 Å². The number of para-hydroxylation sites is 1. The Labute approximate surface area is 142 Å². The maximum Gasteiger partial charge on any atom is 0.344 e. The second-order valence-corrected chi connectivity index (χ2v) is 5.14. The van der Waals surface area contributed by atoms with E-state index in [1.54, 1.807) is 12.1 Å². The summed E-state index contributed by atoms with van der Waals surface area (Å²) in [6.07, 6.45) is 0.301. The Morgan fingerprint density at radius 2 is 2.04 bits per heavy atom. The van der Waals surface area contributed by atoms with E-state index in [4.69, 9.17) is 21.1 Å². The highest BCUT2D eigenvalue weighted by Crippen LogP contribution is 2.15. The van der Waals surface area contributed by atoms with Gasteiger partial charge in [-0.05, 0) is 31.2 Å². The second kappa shape index (κ2) is 8.26. The zero-order valence-electron chi connectivity index (χ0n) is 12.7. The molecule has 0 aliphatic heterocycles. The van der Waals surface area contributed by atoms with Crippen molar-refractivity contribution < 1.29 is 23.5 Å². The molecule has 2 rings (SSSR count). The quantitative estimate of drug-likeness (QED) is 0.809. The molecule has 8 heteroatoms. The molecule has 0 radical (unpaired) electrons. The van der Waals surface area contributed by atoms with E-state index in [0.717, 1.165) is 0 Å². The molecule has 6 nitrogen and oxygen atoms in total. The van der Waals surface area contributed by atoms with Gasteiger partial charge in [-0.3, -0.25) is 4.79 Å². The summed E-state index contributed by atoms with van der Waals surface area (Å²) in [7, 11) is 0. The highest BCUT2D eigenvalue weighted by atomic mass is 35.5. The molecule has 24 heavy (non-hydrogen) atoms. The lowest BCUT2D eigenvalue weighted by Crippen LogP contribution is -2.32. The second-order valence-electron chi connectivity index (χ2n) is 4.70. The molecule has 0 aliphatic rings. The Hall–Kier alpha value is -2.67. The van der Waals surface area contributed by atoms with E-state index in [2.05, 4.69) is 10.3 Å². The smallest absolute Gasteiger partial charge is 0.344 e. The summed E-state index contributed by atoms with van der Waals surface area (Å²) in [6.45, 7) is 0.879. The zero-order chi connectivity index (χ0) is 17.5. The highest BCUT2D eigenvalue weighted by molar-refractivity contribution is 6.30. The summed E-state index contributed by atoms with van der Waals surface area (Å²) >= 11 is 5.69. The lowest BCUT2D eigenvalue weighted by Gasteiger charge is -2.13. The van der Waals surface area contributed by atoms with Crippen LogP contribution in [0.1, 0.15) is 6.92 Å². The molecule has 0 aliphatic carbocycles. The number of halogens is 2. The van der Waals surface area contributed by atoms with Gasteiger partial charge in [0.2, 0.25) is 0 Å². The summed E-state index contributed by atoms with van der Waals surface area (Å²) in [4.78, 5) is 27.5. The number of pyridine rings is 1. The topological polar surface area (TPSA) is 77.5 Å². The Bertz CT molecular complexity index is 724. The van der Waals surface area contributed by atoms with Crippen LogP contribution in [-0.2, 0) is 14.3 Å². The number of benzene rings is 1. The maximum absolute atomic E-state index is 13.3. The predicted molar refractivity (Wildman–Crippen MR) is 85.3 cm³/mol. The monoisotopic (exact) mass is 352 g/mol. The first-order valence-electron chi connectivity index (χ1n) is 6.95. The van der Waals surface area contributed by atoms with Crippen LogP contribution in [0.25, 0.3) is 0 Å². The van der Waals surface area contributed by atoms with E-state index < -0.39 is 30.4 Å². The SMILES string of the molecule is C[C@@H](OC(=O)COc1ccccc1F)C(=O)Nc1ccc(Cl)cn1. The fourth-order valence-electron chi connectivity index (χ4n) is 1.66. The van der Waals surface area contributed by atoms with Crippen molar-refractivity contribution in [3.63, 3.8) is 0 Å². The molecule has 126 valence electrons. The number of anilines is 1. The molecular formula is C16H14ClFN2O4. The van der Waals surface area contributed by atoms with Crippen molar-refractivity contribution in [2.75, 3.05) is 11.9 Å². The molecular weight excluding hydrogens is 339 g/mol. The van der Waals surface area contributed by atoms with Crippen molar-refractivity contribution in [3.8, 4) is 5.75 Å². The molecule has 1 atom stereocenters. The van der Waals surface area contributed by atoms with Gasteiger partial charge in [0.05, 0.1) is 5.02 Å². The lowest BCUT2D eigenvalue weighted by molar-refractivity contribution is -0.155. The normalized spacial score (nSPS) is 11.5. The van der Waals surface area contributed by atoms with Crippen LogP contribution in [0.4, 0.5) is 10.2 Å². The van der Waals surface area contributed by atoms with Crippen LogP contribution >= 0.6 is 11.6 Å². The first-order chi connectivity index (χ1) is 11.5. The molecule has 0 bridgehead atoms. The third-order valence-electron chi connectivity index (χ3n) is 2.84. The van der Waals surface area contributed by atoms with E-state index in [1.807, 2.05) is 0 Å². The van der Waals surface area contributed by atoms with Gasteiger partial charge >= 0.3 is 5.97 Å². The third kappa shape index (κ3) is 5.20. The fourth-order valence-corrected chi connectivity index (χ4v) is 1.77. The van der Waals surface area contributed by atoms with Crippen molar-refractivity contribution in [3.05, 3.63) is 53.4 Å². The molecule has 0 unspecified atom stereocenters. The van der Waals surface area contributed by atoms with Crippen molar-refractivity contribution in [1.82, 2.24) is 4.98 Å². The van der Waals surface area contributed by atoms with Gasteiger partial charge in [-0.25, -0.2) is 14.2 Å². The molecule has 1 heterocycles. The van der Waals surface area contributed by atoms with Crippen LogP contribution in [0.15, 0.2) is 42.6 Å². The lowest BCUT2D eigenvalue weighted by atomic mass is 10.3. The number of ether oxygens (including phenoxy) is 2. The Morgan fingerprint density at radius 3 is 2.71 bits per heavy atom. The summed E-state index contributed by atoms with van der Waals surface area (Å²) < 4.78 is 23.3. The average Bonchev–Trinajstić information content (AvgIpc) is 2.56. The number of carbonyl (C=O) groups excluding carboxylic acids is 2. The summed E-state index contributed by atoms with van der Waals surface area (Å²) in [5.74, 6) is -1.76. The van der Waals surface area contributed by atoms with Gasteiger partial charge in [-0.1, -0.05) is 23.7 Å². The third-order valence-corrected chi connectivity index (χ3v) is 3.06. The summed E-state index contributed by atoms with van der Waals surface area (Å²) in [5, 5.41) is 2.90. The van der Waals surface area contributed by atoms with E-state index >= 15 is 0 Å². The number of rotatable bonds is 6. The number of aromatic nitrogens is 1. The Kier molecular flexibility index (Phi) is 6.08. The Balaban J connectivity index is 1.81. The van der Waals surface area contributed by atoms with Crippen molar-refractivity contribution in [1.29, 1.82) is 0 Å². The average molecular weight is 353 g/mol. The largest absolute Gasteiger partial charge is 0.479 e. The molecule has 0 fully saturated rings. The number of carbonyl (C=O) groups is 2. The molecule has 2 aromatic rings. The molecule has 1 aromatic heterocycles. The number of hydrogen-bond acceptors (Lipinski definition) is 5. The van der Waals surface area contributed by atoms with Crippen LogP contribution in [0.3, 0.4) is 0 Å². The van der Waals surface area contributed by atoms with Crippen LogP contribution in [0.2, 0.25) is 5.02 Å². The number of nitrogens with zero attached hydrogens (tertiary/aromatic N) is 1. The molecule has 0 spiro atoms. The van der Waals surface area contributed by atoms with Crippen LogP contribution < -0.4 is 10.1 Å². The minimum Gasteiger partial charge on any atom is -0.479 e. The van der Waals surface area contributed by atoms with E-state index in [-0.39, 0.29) is 11.6 Å². The number of esters is 1. The minimum absolute atomic E-state index is 0.0723. The van der Waals surface area contributed by atoms with Crippen molar-refractivity contribution in [2.24, 2.45) is 0 Å². The van der Waals surface area contributed by atoms with Crippen LogP contribution in [0.5, 0.6) is 5.75 Å². The predicted octanol–water partition coefficient (Wildman–Crippen LogP) is 2.82. The first-order valence-corrected chi connectivity index (χ1v) is 7.32. The first kappa shape index (κ1) is 17.7. The van der Waals surface area contributed by atoms with E-state index in [1.165, 1.54) is 37.4 Å². The van der Waals surface area contributed by atoms with Gasteiger partial charge < -0.3 is 14.8 Å². The van der Waals surface area contributed by atoms with Crippen molar-refractivity contribution >= 4 is 29.3 Å². The van der Waals surface area contributed by atoms with Gasteiger partial charge in [0, 0.05) is 6.20 Å². The molecule has 1 aromatic carbocycles. The minimum atomic E-state index is -1.07. The maximum atomic E-state index is 13.3. The number of hydrogen-bond donors (Lipinski definition) is 1. The molecule has 0 saturated heterocycles. The van der Waals surface area contributed by atoms with Crippen LogP contribution in [-0.4, -0.2) is 29.6 Å². The van der Waals surface area contributed by atoms with Gasteiger partial charge in [-0.2, -0.15) is 0 Å². The highest BCUT2D eigenvalue weighted by Gasteiger charge is 2.19. The standard InChI is InChI=1S/C16H14ClFN2O4/c1-10(16(22)20-14-7-6-11(17)8-19-14)24-15(21)9-23-13-5-3-2-4-12(13)18/h2-8,10H,9H2,1H3,(H,19,20,22)/t10-/m1/s1. The van der Waals surface area contributed by atoms with Gasteiger partial charge in [-0.15, -0.1) is 0 Å².